The minimum Gasteiger partial charge on any atom is -0.332 e. The molecule has 1 heterocycles. The molecule has 1 aromatic carbocycles. The average Bonchev–Trinajstić information content (AvgIpc) is 2.96. The van der Waals surface area contributed by atoms with Gasteiger partial charge in [-0.25, -0.2) is 8.42 Å². The molecule has 1 aromatic heterocycles. The Hall–Kier alpha value is -2.26. The summed E-state index contributed by atoms with van der Waals surface area (Å²) in [5, 5.41) is 9.23. The van der Waals surface area contributed by atoms with Crippen molar-refractivity contribution in [3.8, 4) is 17.3 Å². The van der Waals surface area contributed by atoms with Crippen molar-refractivity contribution >= 4 is 15.7 Å². The van der Waals surface area contributed by atoms with Gasteiger partial charge in [0.25, 0.3) is 0 Å². The molecule has 0 atom stereocenters. The number of aromatic nitrogens is 1. The molecule has 6 heteroatoms. The SMILES string of the molecule is CCCCn1c(C#N)ccc1-c1ccc(NS(=O)(=O)CC)cc1. The van der Waals surface area contributed by atoms with Gasteiger partial charge >= 0.3 is 0 Å². The van der Waals surface area contributed by atoms with Crippen LogP contribution in [0.5, 0.6) is 0 Å². The van der Waals surface area contributed by atoms with Gasteiger partial charge < -0.3 is 4.57 Å². The number of anilines is 1. The first kappa shape index (κ1) is 17.1. The number of unbranched alkanes of at least 4 members (excludes halogenated alkanes) is 1. The number of rotatable bonds is 7. The molecule has 0 saturated heterocycles. The van der Waals surface area contributed by atoms with Gasteiger partial charge in [-0.2, -0.15) is 5.26 Å². The molecule has 0 aliphatic carbocycles. The van der Waals surface area contributed by atoms with Crippen LogP contribution in [0.25, 0.3) is 11.3 Å². The molecule has 0 bridgehead atoms. The second kappa shape index (κ2) is 7.34. The van der Waals surface area contributed by atoms with Crippen molar-refractivity contribution in [1.29, 1.82) is 5.26 Å². The van der Waals surface area contributed by atoms with E-state index in [0.717, 1.165) is 30.6 Å². The normalized spacial score (nSPS) is 11.2. The number of nitriles is 1. The predicted octanol–water partition coefficient (Wildman–Crippen LogP) is 3.59. The number of hydrogen-bond acceptors (Lipinski definition) is 3. The third-order valence-electron chi connectivity index (χ3n) is 3.66. The first-order chi connectivity index (χ1) is 11.0. The predicted molar refractivity (Wildman–Crippen MR) is 92.6 cm³/mol. The lowest BCUT2D eigenvalue weighted by Crippen LogP contribution is -2.14. The molecule has 122 valence electrons. The van der Waals surface area contributed by atoms with Gasteiger partial charge in [0, 0.05) is 17.9 Å². The lowest BCUT2D eigenvalue weighted by atomic mass is 10.1. The van der Waals surface area contributed by atoms with Crippen LogP contribution in [0.3, 0.4) is 0 Å². The molecule has 2 rings (SSSR count). The number of nitrogens with zero attached hydrogens (tertiary/aromatic N) is 2. The van der Waals surface area contributed by atoms with Crippen LogP contribution < -0.4 is 4.72 Å². The highest BCUT2D eigenvalue weighted by Gasteiger charge is 2.11. The summed E-state index contributed by atoms with van der Waals surface area (Å²) >= 11 is 0. The van der Waals surface area contributed by atoms with Gasteiger partial charge in [0.15, 0.2) is 0 Å². The van der Waals surface area contributed by atoms with E-state index >= 15 is 0 Å². The van der Waals surface area contributed by atoms with Gasteiger partial charge in [-0.3, -0.25) is 4.72 Å². The molecule has 2 aromatic rings. The summed E-state index contributed by atoms with van der Waals surface area (Å²) in [7, 11) is -3.27. The van der Waals surface area contributed by atoms with E-state index < -0.39 is 10.0 Å². The molecule has 0 radical (unpaired) electrons. The van der Waals surface area contributed by atoms with Crippen LogP contribution in [0, 0.1) is 11.3 Å². The monoisotopic (exact) mass is 331 g/mol. The Balaban J connectivity index is 2.29. The fraction of sp³-hybridized carbons (Fsp3) is 0.353. The van der Waals surface area contributed by atoms with Gasteiger partial charge in [-0.15, -0.1) is 0 Å². The van der Waals surface area contributed by atoms with Crippen molar-refractivity contribution in [2.45, 2.75) is 33.2 Å². The summed E-state index contributed by atoms with van der Waals surface area (Å²) in [6, 6.07) is 13.2. The Kier molecular flexibility index (Phi) is 5.45. The third-order valence-corrected chi connectivity index (χ3v) is 4.97. The highest BCUT2D eigenvalue weighted by molar-refractivity contribution is 7.92. The Morgan fingerprint density at radius 2 is 1.83 bits per heavy atom. The highest BCUT2D eigenvalue weighted by atomic mass is 32.2. The molecule has 0 fully saturated rings. The maximum Gasteiger partial charge on any atom is 0.232 e. The molecular weight excluding hydrogens is 310 g/mol. The summed E-state index contributed by atoms with van der Waals surface area (Å²) in [5.74, 6) is 0.0418. The quantitative estimate of drug-likeness (QED) is 0.842. The zero-order chi connectivity index (χ0) is 16.9. The van der Waals surface area contributed by atoms with Crippen LogP contribution >= 0.6 is 0 Å². The summed E-state index contributed by atoms with van der Waals surface area (Å²) < 4.78 is 27.7. The first-order valence-electron chi connectivity index (χ1n) is 7.71. The van der Waals surface area contributed by atoms with Crippen molar-refractivity contribution < 1.29 is 8.42 Å². The van der Waals surface area contributed by atoms with Crippen molar-refractivity contribution in [3.05, 3.63) is 42.1 Å². The Labute approximate surface area is 137 Å². The summed E-state index contributed by atoms with van der Waals surface area (Å²) in [6.07, 6.45) is 2.06. The van der Waals surface area contributed by atoms with E-state index in [0.29, 0.717) is 11.4 Å². The van der Waals surface area contributed by atoms with Crippen LogP contribution in [-0.2, 0) is 16.6 Å². The Bertz CT molecular complexity index is 799. The van der Waals surface area contributed by atoms with E-state index in [9.17, 15) is 13.7 Å². The third kappa shape index (κ3) is 4.14. The van der Waals surface area contributed by atoms with Gasteiger partial charge in [0.05, 0.1) is 5.75 Å². The smallest absolute Gasteiger partial charge is 0.232 e. The zero-order valence-corrected chi connectivity index (χ0v) is 14.2. The summed E-state index contributed by atoms with van der Waals surface area (Å²) in [6.45, 7) is 4.51. The standard InChI is InChI=1S/C17H21N3O2S/c1-3-5-12-20-16(13-18)10-11-17(20)14-6-8-15(9-7-14)19-23(21,22)4-2/h6-11,19H,3-5,12H2,1-2H3. The lowest BCUT2D eigenvalue weighted by molar-refractivity contribution is 0.602. The number of benzene rings is 1. The molecular formula is C17H21N3O2S. The maximum atomic E-state index is 11.6. The van der Waals surface area contributed by atoms with Crippen LogP contribution in [0.15, 0.2) is 36.4 Å². The number of nitrogens with one attached hydrogen (secondary N) is 1. The van der Waals surface area contributed by atoms with E-state index in [1.54, 1.807) is 19.1 Å². The van der Waals surface area contributed by atoms with Gasteiger partial charge in [-0.05, 0) is 43.2 Å². The van der Waals surface area contributed by atoms with E-state index in [4.69, 9.17) is 0 Å². The molecule has 23 heavy (non-hydrogen) atoms. The highest BCUT2D eigenvalue weighted by Crippen LogP contribution is 2.25. The fourth-order valence-electron chi connectivity index (χ4n) is 2.34. The molecule has 0 spiro atoms. The van der Waals surface area contributed by atoms with Crippen LogP contribution in [0.1, 0.15) is 32.4 Å². The van der Waals surface area contributed by atoms with Crippen molar-refractivity contribution in [2.24, 2.45) is 0 Å². The maximum absolute atomic E-state index is 11.6. The van der Waals surface area contributed by atoms with E-state index in [1.165, 1.54) is 0 Å². The van der Waals surface area contributed by atoms with Crippen molar-refractivity contribution in [1.82, 2.24) is 4.57 Å². The Morgan fingerprint density at radius 3 is 2.39 bits per heavy atom. The molecule has 0 aliphatic heterocycles. The van der Waals surface area contributed by atoms with Crippen LogP contribution in [0.4, 0.5) is 5.69 Å². The van der Waals surface area contributed by atoms with Crippen LogP contribution in [-0.4, -0.2) is 18.7 Å². The fourth-order valence-corrected chi connectivity index (χ4v) is 2.97. The van der Waals surface area contributed by atoms with Gasteiger partial charge in [-0.1, -0.05) is 25.5 Å². The molecule has 0 aliphatic rings. The molecule has 5 nitrogen and oxygen atoms in total. The topological polar surface area (TPSA) is 74.9 Å². The largest absolute Gasteiger partial charge is 0.332 e. The Morgan fingerprint density at radius 1 is 1.13 bits per heavy atom. The van der Waals surface area contributed by atoms with Crippen molar-refractivity contribution in [3.63, 3.8) is 0 Å². The minimum atomic E-state index is -3.27. The first-order valence-corrected chi connectivity index (χ1v) is 9.36. The zero-order valence-electron chi connectivity index (χ0n) is 13.4. The molecule has 0 saturated carbocycles. The van der Waals surface area contributed by atoms with Gasteiger partial charge in [0.1, 0.15) is 11.8 Å². The summed E-state index contributed by atoms with van der Waals surface area (Å²) in [4.78, 5) is 0. The molecule has 0 amide bonds. The van der Waals surface area contributed by atoms with E-state index in [2.05, 4.69) is 17.7 Å². The second-order valence-electron chi connectivity index (χ2n) is 5.30. The lowest BCUT2D eigenvalue weighted by Gasteiger charge is -2.11. The van der Waals surface area contributed by atoms with Crippen molar-refractivity contribution in [2.75, 3.05) is 10.5 Å². The van der Waals surface area contributed by atoms with E-state index in [1.807, 2.05) is 28.8 Å². The average molecular weight is 331 g/mol. The molecule has 0 unspecified atom stereocenters. The minimum absolute atomic E-state index is 0.0418. The molecule has 1 N–H and O–H groups in total. The van der Waals surface area contributed by atoms with Crippen LogP contribution in [0.2, 0.25) is 0 Å². The summed E-state index contributed by atoms with van der Waals surface area (Å²) in [5.41, 5.74) is 3.12. The van der Waals surface area contributed by atoms with E-state index in [-0.39, 0.29) is 5.75 Å². The second-order valence-corrected chi connectivity index (χ2v) is 7.31. The number of hydrogen-bond donors (Lipinski definition) is 1. The number of sulfonamides is 1. The van der Waals surface area contributed by atoms with Gasteiger partial charge in [0.2, 0.25) is 10.0 Å².